The van der Waals surface area contributed by atoms with Crippen molar-refractivity contribution in [3.05, 3.63) is 30.3 Å². The average molecular weight is 245 g/mol. The van der Waals surface area contributed by atoms with Gasteiger partial charge in [-0.3, -0.25) is 0 Å². The Labute approximate surface area is 86.9 Å². The first kappa shape index (κ1) is 10.1. The van der Waals surface area contributed by atoms with Crippen LogP contribution in [-0.4, -0.2) is 10.6 Å². The van der Waals surface area contributed by atoms with E-state index in [1.807, 2.05) is 11.8 Å². The van der Waals surface area contributed by atoms with Gasteiger partial charge in [-0.25, -0.2) is 0 Å². The quantitative estimate of drug-likeness (QED) is 0.571. The first-order valence-electron chi connectivity index (χ1n) is 4.11. The Bertz CT molecular complexity index is 208. The van der Waals surface area contributed by atoms with E-state index in [9.17, 15) is 0 Å². The molecule has 1 atom stereocenters. The lowest BCUT2D eigenvalue weighted by Crippen LogP contribution is -1.91. The largest absolute Gasteiger partial charge is 0.126 e. The number of hydrogen-bond donors (Lipinski definition) is 0. The fourth-order valence-corrected chi connectivity index (χ4v) is 2.44. The molecule has 0 aliphatic heterocycles. The predicted octanol–water partition coefficient (Wildman–Crippen LogP) is 3.95. The van der Waals surface area contributed by atoms with Crippen LogP contribution in [-0.2, 0) is 0 Å². The van der Waals surface area contributed by atoms with Crippen molar-refractivity contribution in [2.45, 2.75) is 23.1 Å². The van der Waals surface area contributed by atoms with E-state index >= 15 is 0 Å². The fourth-order valence-electron chi connectivity index (χ4n) is 0.856. The predicted molar refractivity (Wildman–Crippen MR) is 60.2 cm³/mol. The summed E-state index contributed by atoms with van der Waals surface area (Å²) in [7, 11) is 0. The van der Waals surface area contributed by atoms with Crippen LogP contribution >= 0.6 is 27.7 Å². The normalized spacial score (nSPS) is 12.8. The van der Waals surface area contributed by atoms with Gasteiger partial charge in [0, 0.05) is 9.72 Å². The highest BCUT2D eigenvalue weighted by Crippen LogP contribution is 2.19. The number of halogens is 1. The second kappa shape index (κ2) is 5.65. The van der Waals surface area contributed by atoms with E-state index in [1.54, 1.807) is 0 Å². The highest BCUT2D eigenvalue weighted by atomic mass is 79.9. The highest BCUT2D eigenvalue weighted by molar-refractivity contribution is 9.09. The minimum absolute atomic E-state index is 0.633. The van der Waals surface area contributed by atoms with Crippen molar-refractivity contribution >= 4 is 27.7 Å². The Kier molecular flexibility index (Phi) is 4.77. The summed E-state index contributed by atoms with van der Waals surface area (Å²) in [6.45, 7) is 2.19. The summed E-state index contributed by atoms with van der Waals surface area (Å²) < 4.78 is 0. The average Bonchev–Trinajstić information content (AvgIpc) is 2.05. The molecule has 0 aliphatic rings. The van der Waals surface area contributed by atoms with Crippen LogP contribution in [0.5, 0.6) is 0 Å². The first-order chi connectivity index (χ1) is 5.79. The summed E-state index contributed by atoms with van der Waals surface area (Å²) in [5, 5.41) is 0. The maximum atomic E-state index is 3.53. The summed E-state index contributed by atoms with van der Waals surface area (Å²) in [4.78, 5) is 2.00. The molecule has 1 aromatic carbocycles. The van der Waals surface area contributed by atoms with Crippen LogP contribution < -0.4 is 0 Å². The van der Waals surface area contributed by atoms with E-state index in [0.717, 1.165) is 0 Å². The van der Waals surface area contributed by atoms with Crippen molar-refractivity contribution in [1.82, 2.24) is 0 Å². The molecule has 0 bridgehead atoms. The maximum Gasteiger partial charge on any atom is 0.0125 e. The SMILES string of the molecule is CC(Br)CCSc1ccccc1. The summed E-state index contributed by atoms with van der Waals surface area (Å²) in [6.07, 6.45) is 1.22. The first-order valence-corrected chi connectivity index (χ1v) is 6.01. The molecule has 0 nitrogen and oxygen atoms in total. The third kappa shape index (κ3) is 4.17. The molecule has 0 spiro atoms. The molecule has 1 rings (SSSR count). The van der Waals surface area contributed by atoms with Crippen molar-refractivity contribution in [3.8, 4) is 0 Å². The van der Waals surface area contributed by atoms with Gasteiger partial charge in [0.05, 0.1) is 0 Å². The summed E-state index contributed by atoms with van der Waals surface area (Å²) >= 11 is 5.45. The van der Waals surface area contributed by atoms with E-state index in [1.165, 1.54) is 17.1 Å². The molecule has 0 saturated carbocycles. The van der Waals surface area contributed by atoms with E-state index in [4.69, 9.17) is 0 Å². The Hall–Kier alpha value is 0.0500. The van der Waals surface area contributed by atoms with Gasteiger partial charge in [0.1, 0.15) is 0 Å². The monoisotopic (exact) mass is 244 g/mol. The zero-order valence-corrected chi connectivity index (χ0v) is 9.57. The minimum Gasteiger partial charge on any atom is -0.126 e. The van der Waals surface area contributed by atoms with Crippen LogP contribution in [0.15, 0.2) is 35.2 Å². The van der Waals surface area contributed by atoms with E-state index in [0.29, 0.717) is 4.83 Å². The van der Waals surface area contributed by atoms with Gasteiger partial charge in [-0.15, -0.1) is 11.8 Å². The Morgan fingerprint density at radius 1 is 1.33 bits per heavy atom. The van der Waals surface area contributed by atoms with Crippen LogP contribution in [0, 0.1) is 0 Å². The number of thioether (sulfide) groups is 1. The maximum absolute atomic E-state index is 3.53. The molecule has 0 N–H and O–H groups in total. The molecule has 0 aromatic heterocycles. The van der Waals surface area contributed by atoms with E-state index < -0.39 is 0 Å². The molecule has 0 amide bonds. The zero-order chi connectivity index (χ0) is 8.81. The third-order valence-electron chi connectivity index (χ3n) is 1.53. The van der Waals surface area contributed by atoms with Gasteiger partial charge in [0.2, 0.25) is 0 Å². The molecular formula is C10H13BrS. The number of rotatable bonds is 4. The van der Waals surface area contributed by atoms with Crippen molar-refractivity contribution in [2.24, 2.45) is 0 Å². The lowest BCUT2D eigenvalue weighted by molar-refractivity contribution is 0.933. The minimum atomic E-state index is 0.633. The molecule has 12 heavy (non-hydrogen) atoms. The Balaban J connectivity index is 2.25. The van der Waals surface area contributed by atoms with Crippen LogP contribution in [0.4, 0.5) is 0 Å². The zero-order valence-electron chi connectivity index (χ0n) is 7.16. The molecule has 0 radical (unpaired) electrons. The van der Waals surface area contributed by atoms with Crippen LogP contribution in [0.25, 0.3) is 0 Å². The number of benzene rings is 1. The van der Waals surface area contributed by atoms with Crippen molar-refractivity contribution in [3.63, 3.8) is 0 Å². The third-order valence-corrected chi connectivity index (χ3v) is 3.03. The van der Waals surface area contributed by atoms with Crippen molar-refractivity contribution in [2.75, 3.05) is 5.75 Å². The molecule has 66 valence electrons. The summed E-state index contributed by atoms with van der Waals surface area (Å²) in [6, 6.07) is 10.5. The molecule has 1 aromatic rings. The van der Waals surface area contributed by atoms with Gasteiger partial charge in [-0.1, -0.05) is 41.1 Å². The topological polar surface area (TPSA) is 0 Å². The van der Waals surface area contributed by atoms with Crippen LogP contribution in [0.1, 0.15) is 13.3 Å². The van der Waals surface area contributed by atoms with Gasteiger partial charge in [-0.2, -0.15) is 0 Å². The smallest absolute Gasteiger partial charge is 0.0125 e. The van der Waals surface area contributed by atoms with E-state index in [-0.39, 0.29) is 0 Å². The standard InChI is InChI=1S/C10H13BrS/c1-9(11)7-8-12-10-5-3-2-4-6-10/h2-6,9H,7-8H2,1H3. The molecule has 1 unspecified atom stereocenters. The van der Waals surface area contributed by atoms with Crippen LogP contribution in [0.3, 0.4) is 0 Å². The summed E-state index contributed by atoms with van der Waals surface area (Å²) in [5.41, 5.74) is 0. The molecule has 2 heteroatoms. The second-order valence-corrected chi connectivity index (χ2v) is 5.46. The molecular weight excluding hydrogens is 232 g/mol. The molecule has 0 aliphatic carbocycles. The number of hydrogen-bond acceptors (Lipinski definition) is 1. The van der Waals surface area contributed by atoms with Crippen molar-refractivity contribution < 1.29 is 0 Å². The highest BCUT2D eigenvalue weighted by Gasteiger charge is 1.96. The number of alkyl halides is 1. The lowest BCUT2D eigenvalue weighted by Gasteiger charge is -2.02. The van der Waals surface area contributed by atoms with Crippen molar-refractivity contribution in [1.29, 1.82) is 0 Å². The van der Waals surface area contributed by atoms with Gasteiger partial charge >= 0.3 is 0 Å². The second-order valence-electron chi connectivity index (χ2n) is 2.73. The van der Waals surface area contributed by atoms with Gasteiger partial charge in [0.25, 0.3) is 0 Å². The molecule has 0 heterocycles. The summed E-state index contributed by atoms with van der Waals surface area (Å²) in [5.74, 6) is 1.19. The fraction of sp³-hybridized carbons (Fsp3) is 0.400. The van der Waals surface area contributed by atoms with E-state index in [2.05, 4.69) is 53.2 Å². The van der Waals surface area contributed by atoms with Gasteiger partial charge in [-0.05, 0) is 24.3 Å². The van der Waals surface area contributed by atoms with Gasteiger partial charge < -0.3 is 0 Å². The van der Waals surface area contributed by atoms with Gasteiger partial charge in [0.15, 0.2) is 0 Å². The Morgan fingerprint density at radius 3 is 2.58 bits per heavy atom. The molecule has 0 saturated heterocycles. The lowest BCUT2D eigenvalue weighted by atomic mass is 10.4. The molecule has 0 fully saturated rings. The van der Waals surface area contributed by atoms with Crippen LogP contribution in [0.2, 0.25) is 0 Å². The Morgan fingerprint density at radius 2 is 2.00 bits per heavy atom.